The molecule has 1 saturated heterocycles. The number of esters is 1. The van der Waals surface area contributed by atoms with E-state index in [0.29, 0.717) is 44.9 Å². The lowest BCUT2D eigenvalue weighted by Gasteiger charge is -2.40. The van der Waals surface area contributed by atoms with E-state index < -0.39 is 43.8 Å². The molecule has 1 aromatic heterocycles. The van der Waals surface area contributed by atoms with Crippen molar-refractivity contribution in [3.8, 4) is 5.75 Å². The summed E-state index contributed by atoms with van der Waals surface area (Å²) in [6.07, 6.45) is -1.60. The van der Waals surface area contributed by atoms with E-state index in [4.69, 9.17) is 23.6 Å². The quantitative estimate of drug-likeness (QED) is 0.133. The molecule has 0 aliphatic carbocycles. The maximum Gasteiger partial charge on any atom is 0.407 e. The number of rotatable bonds is 13. The Bertz CT molecular complexity index is 1420. The molecule has 1 aromatic carbocycles. The second kappa shape index (κ2) is 15.3. The van der Waals surface area contributed by atoms with Crippen molar-refractivity contribution in [3.05, 3.63) is 30.3 Å². The van der Waals surface area contributed by atoms with Crippen LogP contribution >= 0.6 is 0 Å². The number of amides is 2. The SMILES string of the molecule is CC(C)(C)OC(=O)NCCCN(CC1CN(C(=O)O)C1)c1ccc2cc(OCC(O[Si](C)(C)C(C)(C)C)C(=O)OC(C)(C)C)ccc2n1. The van der Waals surface area contributed by atoms with E-state index in [2.05, 4.69) is 44.1 Å². The van der Waals surface area contributed by atoms with Crippen molar-refractivity contribution in [1.82, 2.24) is 15.2 Å². The molecule has 1 aliphatic rings. The van der Waals surface area contributed by atoms with Crippen LogP contribution in [0, 0.1) is 5.92 Å². The van der Waals surface area contributed by atoms with Crippen molar-refractivity contribution < 1.29 is 38.1 Å². The molecule has 1 unspecified atom stereocenters. The summed E-state index contributed by atoms with van der Waals surface area (Å²) >= 11 is 0. The third-order valence-electron chi connectivity index (χ3n) is 8.26. The number of nitrogens with zero attached hydrogens (tertiary/aromatic N) is 3. The van der Waals surface area contributed by atoms with Gasteiger partial charge in [-0.2, -0.15) is 0 Å². The first-order valence-electron chi connectivity index (χ1n) is 16.7. The van der Waals surface area contributed by atoms with E-state index in [1.54, 1.807) is 0 Å². The molecule has 1 fully saturated rings. The fourth-order valence-corrected chi connectivity index (χ4v) is 6.04. The maximum atomic E-state index is 13.2. The van der Waals surface area contributed by atoms with Crippen molar-refractivity contribution >= 4 is 43.2 Å². The standard InChI is InChI=1S/C35H56N4O8Si/c1-33(2,3)45-30(40)28(47-48(10,11)35(7,8)9)23-44-26-14-15-27-25(19-26)13-16-29(37-27)38(20-24-21-39(22-24)32(42)43)18-12-17-36-31(41)46-34(4,5)6/h13-16,19,24,28H,12,17-18,20-23H2,1-11H3,(H,36,41)(H,42,43). The number of carboxylic acid groups (broad SMARTS) is 1. The van der Waals surface area contributed by atoms with E-state index in [1.165, 1.54) is 4.90 Å². The van der Waals surface area contributed by atoms with Gasteiger partial charge in [0.05, 0.1) is 5.52 Å². The monoisotopic (exact) mass is 688 g/mol. The molecule has 2 amide bonds. The number of carbonyl (C=O) groups excluding carboxylic acids is 2. The van der Waals surface area contributed by atoms with Crippen LogP contribution in [0.2, 0.25) is 18.1 Å². The molecule has 0 bridgehead atoms. The number of fused-ring (bicyclic) bond motifs is 1. The molecule has 2 heterocycles. The molecule has 0 spiro atoms. The first-order chi connectivity index (χ1) is 22.0. The van der Waals surface area contributed by atoms with Crippen molar-refractivity contribution in [1.29, 1.82) is 0 Å². The van der Waals surface area contributed by atoms with Crippen LogP contribution < -0.4 is 15.0 Å². The third-order valence-corrected chi connectivity index (χ3v) is 12.7. The Morgan fingerprint density at radius 1 is 1.00 bits per heavy atom. The van der Waals surface area contributed by atoms with Crippen LogP contribution in [0.5, 0.6) is 5.75 Å². The molecular weight excluding hydrogens is 632 g/mol. The topological polar surface area (TPSA) is 140 Å². The van der Waals surface area contributed by atoms with Crippen LogP contribution in [0.1, 0.15) is 68.7 Å². The predicted octanol–water partition coefficient (Wildman–Crippen LogP) is 6.68. The Kier molecular flexibility index (Phi) is 12.4. The first kappa shape index (κ1) is 38.9. The third kappa shape index (κ3) is 11.8. The molecule has 48 heavy (non-hydrogen) atoms. The predicted molar refractivity (Wildman–Crippen MR) is 189 cm³/mol. The van der Waals surface area contributed by atoms with Gasteiger partial charge < -0.3 is 38.9 Å². The van der Waals surface area contributed by atoms with Crippen LogP contribution in [0.4, 0.5) is 15.4 Å². The Morgan fingerprint density at radius 3 is 2.23 bits per heavy atom. The van der Waals surface area contributed by atoms with Crippen molar-refractivity contribution in [2.75, 3.05) is 44.2 Å². The molecule has 3 rings (SSSR count). The maximum absolute atomic E-state index is 13.2. The lowest BCUT2D eigenvalue weighted by atomic mass is 10.00. The summed E-state index contributed by atoms with van der Waals surface area (Å²) in [6.45, 7) is 24.1. The summed E-state index contributed by atoms with van der Waals surface area (Å²) in [7, 11) is -2.31. The Labute approximate surface area is 286 Å². The number of pyridine rings is 1. The fraction of sp³-hybridized carbons (Fsp3) is 0.657. The zero-order valence-electron chi connectivity index (χ0n) is 30.6. The average Bonchev–Trinajstić information content (AvgIpc) is 2.90. The zero-order chi connectivity index (χ0) is 36.1. The van der Waals surface area contributed by atoms with E-state index in [1.807, 2.05) is 71.9 Å². The second-order valence-electron chi connectivity index (χ2n) is 16.0. The van der Waals surface area contributed by atoms with Crippen molar-refractivity contribution in [2.24, 2.45) is 5.92 Å². The molecule has 2 aromatic rings. The Hall–Kier alpha value is -3.58. The van der Waals surface area contributed by atoms with Crippen molar-refractivity contribution in [2.45, 2.75) is 104 Å². The van der Waals surface area contributed by atoms with Gasteiger partial charge in [-0.1, -0.05) is 20.8 Å². The number of ether oxygens (including phenoxy) is 3. The minimum atomic E-state index is -2.31. The van der Waals surface area contributed by atoms with Gasteiger partial charge in [0.25, 0.3) is 0 Å². The number of aromatic nitrogens is 1. The number of anilines is 1. The highest BCUT2D eigenvalue weighted by atomic mass is 28.4. The summed E-state index contributed by atoms with van der Waals surface area (Å²) in [5.41, 5.74) is -0.470. The first-order valence-corrected chi connectivity index (χ1v) is 19.6. The summed E-state index contributed by atoms with van der Waals surface area (Å²) in [5, 5.41) is 12.8. The number of likely N-dealkylation sites (tertiary alicyclic amines) is 1. The highest BCUT2D eigenvalue weighted by Crippen LogP contribution is 2.37. The van der Waals surface area contributed by atoms with Gasteiger partial charge in [-0.05, 0) is 96.4 Å². The fourth-order valence-electron chi connectivity index (χ4n) is 4.81. The van der Waals surface area contributed by atoms with Gasteiger partial charge in [0.1, 0.15) is 29.4 Å². The average molecular weight is 689 g/mol. The van der Waals surface area contributed by atoms with E-state index in [-0.39, 0.29) is 17.6 Å². The number of nitrogens with one attached hydrogen (secondary N) is 1. The van der Waals surface area contributed by atoms with Crippen LogP contribution in [0.15, 0.2) is 30.3 Å². The van der Waals surface area contributed by atoms with Gasteiger partial charge in [-0.15, -0.1) is 0 Å². The van der Waals surface area contributed by atoms with Gasteiger partial charge in [0, 0.05) is 44.0 Å². The van der Waals surface area contributed by atoms with E-state index in [9.17, 15) is 19.5 Å². The molecule has 1 atom stereocenters. The van der Waals surface area contributed by atoms with Crippen LogP contribution in [0.3, 0.4) is 0 Å². The van der Waals surface area contributed by atoms with Crippen LogP contribution in [-0.4, -0.2) is 98.1 Å². The molecule has 13 heteroatoms. The van der Waals surface area contributed by atoms with Crippen LogP contribution in [0.25, 0.3) is 10.9 Å². The Morgan fingerprint density at radius 2 is 1.65 bits per heavy atom. The number of hydrogen-bond acceptors (Lipinski definition) is 9. The molecular formula is C35H56N4O8Si. The summed E-state index contributed by atoms with van der Waals surface area (Å²) < 4.78 is 23.6. The van der Waals surface area contributed by atoms with E-state index >= 15 is 0 Å². The molecule has 12 nitrogen and oxygen atoms in total. The molecule has 268 valence electrons. The van der Waals surface area contributed by atoms with Crippen molar-refractivity contribution in [3.63, 3.8) is 0 Å². The lowest BCUT2D eigenvalue weighted by molar-refractivity contribution is -0.165. The zero-order valence-corrected chi connectivity index (χ0v) is 31.6. The minimum Gasteiger partial charge on any atom is -0.490 e. The normalized spacial score (nSPS) is 15.0. The molecule has 0 saturated carbocycles. The second-order valence-corrected chi connectivity index (χ2v) is 20.8. The summed E-state index contributed by atoms with van der Waals surface area (Å²) in [6, 6.07) is 9.49. The largest absolute Gasteiger partial charge is 0.490 e. The van der Waals surface area contributed by atoms with Gasteiger partial charge >= 0.3 is 18.2 Å². The molecule has 0 radical (unpaired) electrons. The summed E-state index contributed by atoms with van der Waals surface area (Å²) in [4.78, 5) is 45.0. The Balaban J connectivity index is 1.73. The minimum absolute atomic E-state index is 0.0122. The molecule has 1 aliphatic heterocycles. The highest BCUT2D eigenvalue weighted by molar-refractivity contribution is 6.74. The van der Waals surface area contributed by atoms with Gasteiger partial charge in [-0.25, -0.2) is 19.4 Å². The van der Waals surface area contributed by atoms with Gasteiger partial charge in [0.2, 0.25) is 0 Å². The number of carbonyl (C=O) groups is 3. The highest BCUT2D eigenvalue weighted by Gasteiger charge is 2.42. The van der Waals surface area contributed by atoms with Gasteiger partial charge in [-0.3, -0.25) is 0 Å². The number of alkyl carbamates (subject to hydrolysis) is 1. The van der Waals surface area contributed by atoms with Crippen LogP contribution in [-0.2, 0) is 18.7 Å². The number of benzene rings is 1. The summed E-state index contributed by atoms with van der Waals surface area (Å²) in [5.74, 6) is 1.08. The lowest BCUT2D eigenvalue weighted by Crippen LogP contribution is -2.53. The van der Waals surface area contributed by atoms with Gasteiger partial charge in [0.15, 0.2) is 14.4 Å². The van der Waals surface area contributed by atoms with E-state index in [0.717, 1.165) is 16.7 Å². The molecule has 2 N–H and O–H groups in total. The smallest absolute Gasteiger partial charge is 0.407 e. The number of hydrogen-bond donors (Lipinski definition) is 2.